The lowest BCUT2D eigenvalue weighted by Crippen LogP contribution is -2.26. The summed E-state index contributed by atoms with van der Waals surface area (Å²) in [7, 11) is 0. The molecule has 0 bridgehead atoms. The predicted octanol–water partition coefficient (Wildman–Crippen LogP) is 3.51. The summed E-state index contributed by atoms with van der Waals surface area (Å²) < 4.78 is 18.5. The molecule has 5 nitrogen and oxygen atoms in total. The number of hydrogen-bond donors (Lipinski definition) is 2. The summed E-state index contributed by atoms with van der Waals surface area (Å²) >= 11 is 0. The van der Waals surface area contributed by atoms with Crippen LogP contribution in [-0.4, -0.2) is 24.5 Å². The van der Waals surface area contributed by atoms with Crippen LogP contribution in [0.3, 0.4) is 0 Å². The number of ether oxygens (including phenoxy) is 1. The van der Waals surface area contributed by atoms with E-state index in [9.17, 15) is 14.0 Å². The molecule has 1 fully saturated rings. The third kappa shape index (κ3) is 5.13. The maximum Gasteiger partial charge on any atom is 0.253 e. The highest BCUT2D eigenvalue weighted by atomic mass is 19.1. The van der Waals surface area contributed by atoms with Crippen LogP contribution in [0.5, 0.6) is 0 Å². The zero-order chi connectivity index (χ0) is 18.4. The fraction of sp³-hybridized carbons (Fsp3) is 0.300. The van der Waals surface area contributed by atoms with Crippen molar-refractivity contribution in [3.05, 3.63) is 59.9 Å². The summed E-state index contributed by atoms with van der Waals surface area (Å²) in [4.78, 5) is 24.0. The van der Waals surface area contributed by atoms with Gasteiger partial charge in [-0.25, -0.2) is 4.39 Å². The zero-order valence-electron chi connectivity index (χ0n) is 14.3. The molecule has 1 aliphatic rings. The SMILES string of the molecule is O=C(CCc1cccc(F)c1)Nc1ccc(NC(=O)C2CCCO2)cc1. The van der Waals surface area contributed by atoms with Crippen LogP contribution in [0.2, 0.25) is 0 Å². The molecule has 26 heavy (non-hydrogen) atoms. The first-order chi connectivity index (χ1) is 12.6. The van der Waals surface area contributed by atoms with E-state index in [1.165, 1.54) is 12.1 Å². The Labute approximate surface area is 151 Å². The highest BCUT2D eigenvalue weighted by molar-refractivity contribution is 5.95. The molecule has 1 atom stereocenters. The van der Waals surface area contributed by atoms with Gasteiger partial charge >= 0.3 is 0 Å². The largest absolute Gasteiger partial charge is 0.368 e. The number of aryl methyl sites for hydroxylation is 1. The lowest BCUT2D eigenvalue weighted by atomic mass is 10.1. The Kier molecular flexibility index (Phi) is 5.96. The van der Waals surface area contributed by atoms with Crippen LogP contribution in [0.4, 0.5) is 15.8 Å². The van der Waals surface area contributed by atoms with Gasteiger partial charge in [0.25, 0.3) is 5.91 Å². The molecule has 136 valence electrons. The monoisotopic (exact) mass is 356 g/mol. The van der Waals surface area contributed by atoms with Crippen LogP contribution in [-0.2, 0) is 20.7 Å². The number of amides is 2. The summed E-state index contributed by atoms with van der Waals surface area (Å²) in [6, 6.07) is 13.1. The molecule has 2 aromatic rings. The van der Waals surface area contributed by atoms with Crippen LogP contribution in [0, 0.1) is 5.82 Å². The Hall–Kier alpha value is -2.73. The summed E-state index contributed by atoms with van der Waals surface area (Å²) in [5.74, 6) is -0.594. The van der Waals surface area contributed by atoms with Crippen LogP contribution >= 0.6 is 0 Å². The van der Waals surface area contributed by atoms with Gasteiger partial charge in [0.15, 0.2) is 0 Å². The fourth-order valence-corrected chi connectivity index (χ4v) is 2.82. The van der Waals surface area contributed by atoms with E-state index >= 15 is 0 Å². The predicted molar refractivity (Wildman–Crippen MR) is 97.4 cm³/mol. The van der Waals surface area contributed by atoms with Crippen molar-refractivity contribution in [1.29, 1.82) is 0 Å². The lowest BCUT2D eigenvalue weighted by molar-refractivity contribution is -0.124. The maximum atomic E-state index is 13.1. The number of nitrogens with one attached hydrogen (secondary N) is 2. The van der Waals surface area contributed by atoms with Crippen LogP contribution in [0.1, 0.15) is 24.8 Å². The summed E-state index contributed by atoms with van der Waals surface area (Å²) in [6.07, 6.45) is 2.00. The van der Waals surface area contributed by atoms with E-state index in [2.05, 4.69) is 10.6 Å². The summed E-state index contributed by atoms with van der Waals surface area (Å²) in [5, 5.41) is 5.60. The molecule has 3 rings (SSSR count). The average Bonchev–Trinajstić information content (AvgIpc) is 3.17. The van der Waals surface area contributed by atoms with Gasteiger partial charge in [0.1, 0.15) is 11.9 Å². The van der Waals surface area contributed by atoms with E-state index in [1.807, 2.05) is 0 Å². The summed E-state index contributed by atoms with van der Waals surface area (Å²) in [6.45, 7) is 0.624. The normalized spacial score (nSPS) is 16.3. The standard InChI is InChI=1S/C20H21FN2O3/c21-15-4-1-3-14(13-15)6-11-19(24)22-16-7-9-17(10-8-16)23-20(25)18-5-2-12-26-18/h1,3-4,7-10,13,18H,2,5-6,11-12H2,(H,22,24)(H,23,25). The van der Waals surface area contributed by atoms with E-state index < -0.39 is 0 Å². The number of carbonyl (C=O) groups excluding carboxylic acids is 2. The molecule has 6 heteroatoms. The molecule has 0 radical (unpaired) electrons. The van der Waals surface area contributed by atoms with Gasteiger partial charge < -0.3 is 15.4 Å². The number of rotatable bonds is 6. The van der Waals surface area contributed by atoms with E-state index in [0.717, 1.165) is 18.4 Å². The Morgan fingerprint density at radius 1 is 1.08 bits per heavy atom. The number of anilines is 2. The van der Waals surface area contributed by atoms with Gasteiger partial charge in [-0.2, -0.15) is 0 Å². The first-order valence-corrected chi connectivity index (χ1v) is 8.67. The van der Waals surface area contributed by atoms with E-state index in [0.29, 0.717) is 24.4 Å². The second-order valence-electron chi connectivity index (χ2n) is 6.25. The van der Waals surface area contributed by atoms with Crippen molar-refractivity contribution < 1.29 is 18.7 Å². The number of halogens is 1. The molecule has 1 unspecified atom stereocenters. The molecule has 1 heterocycles. The third-order valence-corrected chi connectivity index (χ3v) is 4.19. The van der Waals surface area contributed by atoms with Crippen molar-refractivity contribution in [1.82, 2.24) is 0 Å². The fourth-order valence-electron chi connectivity index (χ4n) is 2.82. The Morgan fingerprint density at radius 2 is 1.81 bits per heavy atom. The highest BCUT2D eigenvalue weighted by Crippen LogP contribution is 2.17. The minimum absolute atomic E-state index is 0.144. The number of benzene rings is 2. The smallest absolute Gasteiger partial charge is 0.253 e. The molecule has 0 saturated carbocycles. The molecular weight excluding hydrogens is 335 g/mol. The van der Waals surface area contributed by atoms with Crippen molar-refractivity contribution in [2.45, 2.75) is 31.8 Å². The molecule has 1 saturated heterocycles. The second-order valence-corrected chi connectivity index (χ2v) is 6.25. The molecule has 2 N–H and O–H groups in total. The van der Waals surface area contributed by atoms with Crippen LogP contribution in [0.25, 0.3) is 0 Å². The third-order valence-electron chi connectivity index (χ3n) is 4.19. The molecule has 0 spiro atoms. The van der Waals surface area contributed by atoms with E-state index in [1.54, 1.807) is 36.4 Å². The molecule has 0 aliphatic carbocycles. The Morgan fingerprint density at radius 3 is 2.46 bits per heavy atom. The molecule has 2 aromatic carbocycles. The second kappa shape index (κ2) is 8.58. The Balaban J connectivity index is 1.47. The first-order valence-electron chi connectivity index (χ1n) is 8.67. The van der Waals surface area contributed by atoms with Crippen molar-refractivity contribution in [2.24, 2.45) is 0 Å². The number of carbonyl (C=O) groups is 2. The van der Waals surface area contributed by atoms with Gasteiger partial charge in [0, 0.05) is 24.4 Å². The quantitative estimate of drug-likeness (QED) is 0.832. The first kappa shape index (κ1) is 18.1. The van der Waals surface area contributed by atoms with Crippen molar-refractivity contribution >= 4 is 23.2 Å². The molecule has 1 aliphatic heterocycles. The lowest BCUT2D eigenvalue weighted by Gasteiger charge is -2.11. The number of hydrogen-bond acceptors (Lipinski definition) is 3. The van der Waals surface area contributed by atoms with Crippen LogP contribution in [0.15, 0.2) is 48.5 Å². The van der Waals surface area contributed by atoms with Gasteiger partial charge in [-0.05, 0) is 61.2 Å². The van der Waals surface area contributed by atoms with Gasteiger partial charge in [0.05, 0.1) is 0 Å². The van der Waals surface area contributed by atoms with Crippen molar-refractivity contribution in [3.63, 3.8) is 0 Å². The van der Waals surface area contributed by atoms with E-state index in [4.69, 9.17) is 4.74 Å². The maximum absolute atomic E-state index is 13.1. The van der Waals surface area contributed by atoms with Crippen molar-refractivity contribution in [2.75, 3.05) is 17.2 Å². The molecule has 0 aromatic heterocycles. The zero-order valence-corrected chi connectivity index (χ0v) is 14.3. The van der Waals surface area contributed by atoms with Crippen molar-refractivity contribution in [3.8, 4) is 0 Å². The van der Waals surface area contributed by atoms with Gasteiger partial charge in [-0.15, -0.1) is 0 Å². The van der Waals surface area contributed by atoms with Gasteiger partial charge in [-0.3, -0.25) is 9.59 Å². The topological polar surface area (TPSA) is 67.4 Å². The van der Waals surface area contributed by atoms with Crippen LogP contribution < -0.4 is 10.6 Å². The molecular formula is C20H21FN2O3. The Bertz CT molecular complexity index is 771. The minimum Gasteiger partial charge on any atom is -0.368 e. The molecule has 2 amide bonds. The van der Waals surface area contributed by atoms with Gasteiger partial charge in [-0.1, -0.05) is 12.1 Å². The highest BCUT2D eigenvalue weighted by Gasteiger charge is 2.23. The van der Waals surface area contributed by atoms with E-state index in [-0.39, 0.29) is 30.2 Å². The summed E-state index contributed by atoms with van der Waals surface area (Å²) in [5.41, 5.74) is 2.08. The average molecular weight is 356 g/mol. The van der Waals surface area contributed by atoms with Gasteiger partial charge in [0.2, 0.25) is 5.91 Å². The minimum atomic E-state index is -0.378.